The molecule has 0 spiro atoms. The van der Waals surface area contributed by atoms with Gasteiger partial charge < -0.3 is 25.2 Å². The molecular weight excluding hydrogens is 491 g/mol. The molecule has 2 bridgehead atoms. The fourth-order valence-electron chi connectivity index (χ4n) is 5.57. The number of rotatable bonds is 9. The Morgan fingerprint density at radius 1 is 1.08 bits per heavy atom. The first-order valence-corrected chi connectivity index (χ1v) is 12.9. The number of aliphatic carboxylic acids is 1. The molecule has 2 amide bonds. The summed E-state index contributed by atoms with van der Waals surface area (Å²) in [6, 6.07) is 8.58. The van der Waals surface area contributed by atoms with E-state index in [4.69, 9.17) is 14.6 Å². The molecule has 2 aromatic rings. The molecule has 0 aromatic heterocycles. The molecule has 8 nitrogen and oxygen atoms in total. The Balaban J connectivity index is 1.56. The van der Waals surface area contributed by atoms with Crippen LogP contribution in [0.15, 0.2) is 36.4 Å². The number of fused-ring (bicyclic) bond motifs is 2. The van der Waals surface area contributed by atoms with Crippen molar-refractivity contribution in [1.82, 2.24) is 10.6 Å². The van der Waals surface area contributed by atoms with Crippen molar-refractivity contribution in [2.45, 2.75) is 46.1 Å². The first-order valence-electron chi connectivity index (χ1n) is 12.9. The molecule has 2 aliphatic carbocycles. The van der Waals surface area contributed by atoms with Crippen LogP contribution in [0.3, 0.4) is 0 Å². The lowest BCUT2D eigenvalue weighted by molar-refractivity contribution is -0.139. The second-order valence-electron chi connectivity index (χ2n) is 11.4. The number of amides is 2. The number of nitrogens with one attached hydrogen (secondary N) is 2. The average Bonchev–Trinajstić information content (AvgIpc) is 3.47. The molecule has 0 heterocycles. The Kier molecular flexibility index (Phi) is 7.94. The SMILES string of the molecule is COc1cc(F)c(-c2ccc(OCC(=O)O)cc2)cc1C(=O)N[C@@H]1[C@H]2CC[C@H](C2)[C@@H]1C(=O)NCC(C)(C)C. The zero-order valence-corrected chi connectivity index (χ0v) is 22.2. The molecule has 4 rings (SSSR count). The van der Waals surface area contributed by atoms with Gasteiger partial charge in [-0.15, -0.1) is 0 Å². The smallest absolute Gasteiger partial charge is 0.341 e. The standard InChI is InChI=1S/C29H35FN2O6/c1-29(2,3)15-31-28(36)25-17-5-6-18(11-17)26(25)32-27(35)21-12-20(22(30)13-23(21)37-4)16-7-9-19(10-8-16)38-14-24(33)34/h7-10,12-13,17-18,25-26H,5-6,11,14-15H2,1-4H3,(H,31,36)(H,32,35)(H,33,34)/t17-,18+,25+,26-/m1/s1. The molecule has 0 saturated heterocycles. The number of hydrogen-bond acceptors (Lipinski definition) is 5. The Morgan fingerprint density at radius 3 is 2.39 bits per heavy atom. The van der Waals surface area contributed by atoms with Crippen molar-refractivity contribution in [3.05, 3.63) is 47.8 Å². The molecule has 3 N–H and O–H groups in total. The highest BCUT2D eigenvalue weighted by atomic mass is 19.1. The van der Waals surface area contributed by atoms with Gasteiger partial charge in [-0.05, 0) is 60.3 Å². The topological polar surface area (TPSA) is 114 Å². The van der Waals surface area contributed by atoms with Gasteiger partial charge in [0.05, 0.1) is 18.6 Å². The lowest BCUT2D eigenvalue weighted by Crippen LogP contribution is -2.50. The number of carboxylic acids is 1. The molecule has 0 unspecified atom stereocenters. The van der Waals surface area contributed by atoms with Gasteiger partial charge in [-0.3, -0.25) is 9.59 Å². The van der Waals surface area contributed by atoms with Gasteiger partial charge in [0.15, 0.2) is 6.61 Å². The monoisotopic (exact) mass is 526 g/mol. The van der Waals surface area contributed by atoms with Gasteiger partial charge in [0, 0.05) is 24.2 Å². The molecule has 0 radical (unpaired) electrons. The number of methoxy groups -OCH3 is 1. The maximum Gasteiger partial charge on any atom is 0.341 e. The van der Waals surface area contributed by atoms with Crippen LogP contribution in [0.25, 0.3) is 11.1 Å². The lowest BCUT2D eigenvalue weighted by atomic mass is 9.83. The van der Waals surface area contributed by atoms with Gasteiger partial charge in [-0.1, -0.05) is 32.9 Å². The lowest BCUT2D eigenvalue weighted by Gasteiger charge is -2.32. The summed E-state index contributed by atoms with van der Waals surface area (Å²) < 4.78 is 25.5. The average molecular weight is 527 g/mol. The van der Waals surface area contributed by atoms with Gasteiger partial charge in [0.2, 0.25) is 5.91 Å². The molecule has 204 valence electrons. The molecule has 38 heavy (non-hydrogen) atoms. The number of hydrogen-bond donors (Lipinski definition) is 3. The minimum atomic E-state index is -1.10. The largest absolute Gasteiger partial charge is 0.496 e. The van der Waals surface area contributed by atoms with Gasteiger partial charge in [-0.2, -0.15) is 0 Å². The van der Waals surface area contributed by atoms with Crippen LogP contribution in [0.4, 0.5) is 4.39 Å². The quantitative estimate of drug-likeness (QED) is 0.450. The molecule has 2 fully saturated rings. The highest BCUT2D eigenvalue weighted by Gasteiger charge is 2.51. The van der Waals surface area contributed by atoms with E-state index in [2.05, 4.69) is 31.4 Å². The summed E-state index contributed by atoms with van der Waals surface area (Å²) in [5, 5.41) is 14.9. The first kappa shape index (κ1) is 27.4. The van der Waals surface area contributed by atoms with E-state index in [0.29, 0.717) is 17.9 Å². The molecule has 2 aromatic carbocycles. The minimum absolute atomic E-state index is 0.0330. The number of halogens is 1. The van der Waals surface area contributed by atoms with Crippen LogP contribution in [0.1, 0.15) is 50.4 Å². The first-order chi connectivity index (χ1) is 18.0. The Morgan fingerprint density at radius 2 is 1.76 bits per heavy atom. The van der Waals surface area contributed by atoms with Crippen molar-refractivity contribution >= 4 is 17.8 Å². The van der Waals surface area contributed by atoms with Crippen LogP contribution in [0, 0.1) is 29.0 Å². The number of benzene rings is 2. The molecule has 4 atom stereocenters. The predicted molar refractivity (Wildman–Crippen MR) is 140 cm³/mol. The summed E-state index contributed by atoms with van der Waals surface area (Å²) >= 11 is 0. The van der Waals surface area contributed by atoms with Crippen LogP contribution in [-0.2, 0) is 9.59 Å². The van der Waals surface area contributed by atoms with Gasteiger partial charge >= 0.3 is 5.97 Å². The van der Waals surface area contributed by atoms with E-state index in [9.17, 15) is 14.4 Å². The summed E-state index contributed by atoms with van der Waals surface area (Å²) in [6.45, 7) is 6.24. The summed E-state index contributed by atoms with van der Waals surface area (Å²) in [5.74, 6) is -1.55. The third kappa shape index (κ3) is 6.09. The molecular formula is C29H35FN2O6. The fraction of sp³-hybridized carbons (Fsp3) is 0.483. The van der Waals surface area contributed by atoms with Crippen molar-refractivity contribution in [1.29, 1.82) is 0 Å². The van der Waals surface area contributed by atoms with E-state index in [1.54, 1.807) is 12.1 Å². The number of ether oxygens (including phenoxy) is 2. The maximum absolute atomic E-state index is 15.0. The summed E-state index contributed by atoms with van der Waals surface area (Å²) in [5.41, 5.74) is 0.797. The fourth-order valence-corrected chi connectivity index (χ4v) is 5.57. The van der Waals surface area contributed by atoms with Crippen LogP contribution in [0.5, 0.6) is 11.5 Å². The van der Waals surface area contributed by atoms with E-state index in [1.165, 1.54) is 31.4 Å². The van der Waals surface area contributed by atoms with Crippen molar-refractivity contribution in [2.75, 3.05) is 20.3 Å². The molecule has 9 heteroatoms. The highest BCUT2D eigenvalue weighted by molar-refractivity contribution is 5.99. The third-order valence-corrected chi connectivity index (χ3v) is 7.37. The normalized spacial score (nSPS) is 22.1. The summed E-state index contributed by atoms with van der Waals surface area (Å²) in [4.78, 5) is 37.4. The van der Waals surface area contributed by atoms with Crippen molar-refractivity contribution in [3.63, 3.8) is 0 Å². The molecule has 0 aliphatic heterocycles. The zero-order valence-electron chi connectivity index (χ0n) is 22.2. The zero-order chi connectivity index (χ0) is 27.6. The van der Waals surface area contributed by atoms with E-state index in [1.807, 2.05) is 0 Å². The minimum Gasteiger partial charge on any atom is -0.496 e. The second kappa shape index (κ2) is 11.0. The van der Waals surface area contributed by atoms with Crippen LogP contribution in [0.2, 0.25) is 0 Å². The van der Waals surface area contributed by atoms with E-state index in [0.717, 1.165) is 19.3 Å². The molecule has 2 aliphatic rings. The van der Waals surface area contributed by atoms with Gasteiger partial charge in [0.1, 0.15) is 17.3 Å². The number of carbonyl (C=O) groups excluding carboxylic acids is 2. The van der Waals surface area contributed by atoms with Crippen molar-refractivity contribution in [2.24, 2.45) is 23.2 Å². The van der Waals surface area contributed by atoms with Gasteiger partial charge in [0.25, 0.3) is 5.91 Å². The Hall–Kier alpha value is -3.62. The van der Waals surface area contributed by atoms with E-state index < -0.39 is 24.3 Å². The Labute approximate surface area is 221 Å². The predicted octanol–water partition coefficient (Wildman–Crippen LogP) is 4.27. The number of carboxylic acid groups (broad SMARTS) is 1. The van der Waals surface area contributed by atoms with E-state index in [-0.39, 0.29) is 52.0 Å². The second-order valence-corrected chi connectivity index (χ2v) is 11.4. The van der Waals surface area contributed by atoms with Crippen molar-refractivity contribution < 1.29 is 33.4 Å². The maximum atomic E-state index is 15.0. The Bertz CT molecular complexity index is 1210. The van der Waals surface area contributed by atoms with E-state index >= 15 is 4.39 Å². The van der Waals surface area contributed by atoms with Crippen LogP contribution in [-0.4, -0.2) is 49.2 Å². The third-order valence-electron chi connectivity index (χ3n) is 7.37. The summed E-state index contributed by atoms with van der Waals surface area (Å²) in [7, 11) is 1.38. The number of carbonyl (C=O) groups is 3. The van der Waals surface area contributed by atoms with Crippen LogP contribution < -0.4 is 20.1 Å². The highest BCUT2D eigenvalue weighted by Crippen LogP contribution is 2.49. The summed E-state index contributed by atoms with van der Waals surface area (Å²) in [6.07, 6.45) is 2.84. The van der Waals surface area contributed by atoms with Crippen molar-refractivity contribution in [3.8, 4) is 22.6 Å². The van der Waals surface area contributed by atoms with Crippen LogP contribution >= 0.6 is 0 Å². The molecule has 2 saturated carbocycles. The van der Waals surface area contributed by atoms with Gasteiger partial charge in [-0.25, -0.2) is 9.18 Å².